The van der Waals surface area contributed by atoms with Gasteiger partial charge in [-0.3, -0.25) is 4.98 Å². The minimum Gasteiger partial charge on any atom is -0.444 e. The van der Waals surface area contributed by atoms with Gasteiger partial charge in [-0.25, -0.2) is 4.79 Å². The van der Waals surface area contributed by atoms with Crippen LogP contribution < -0.4 is 5.32 Å². The van der Waals surface area contributed by atoms with Crippen molar-refractivity contribution in [2.75, 3.05) is 13.1 Å². The van der Waals surface area contributed by atoms with E-state index in [1.807, 2.05) is 33.8 Å². The van der Waals surface area contributed by atoms with Gasteiger partial charge in [0.05, 0.1) is 10.7 Å². The number of nitrogens with one attached hydrogen (secondary N) is 1. The van der Waals surface area contributed by atoms with E-state index in [-0.39, 0.29) is 6.09 Å². The third kappa shape index (κ3) is 5.66. The summed E-state index contributed by atoms with van der Waals surface area (Å²) in [4.78, 5) is 18.2. The van der Waals surface area contributed by atoms with E-state index in [9.17, 15) is 4.79 Å². The van der Waals surface area contributed by atoms with E-state index in [4.69, 9.17) is 16.3 Å². The van der Waals surface area contributed by atoms with Crippen LogP contribution in [0.25, 0.3) is 0 Å². The molecule has 0 radical (unpaired) electrons. The quantitative estimate of drug-likeness (QED) is 0.915. The number of likely N-dealkylation sites (tertiary alicyclic amines) is 1. The number of nitrogens with zero attached hydrogens (tertiary/aromatic N) is 2. The molecular weight excluding hydrogens is 314 g/mol. The molecule has 0 bridgehead atoms. The Morgan fingerprint density at radius 1 is 1.43 bits per heavy atom. The van der Waals surface area contributed by atoms with Crippen LogP contribution in [0.15, 0.2) is 12.3 Å². The molecule has 5 nitrogen and oxygen atoms in total. The Morgan fingerprint density at radius 3 is 2.65 bits per heavy atom. The Hall–Kier alpha value is -1.33. The van der Waals surface area contributed by atoms with Crippen molar-refractivity contribution in [2.24, 2.45) is 0 Å². The normalized spacial score (nSPS) is 16.5. The molecule has 1 N–H and O–H groups in total. The molecule has 1 aliphatic rings. The van der Waals surface area contributed by atoms with Gasteiger partial charge in [0.25, 0.3) is 0 Å². The van der Waals surface area contributed by atoms with Crippen LogP contribution in [0, 0.1) is 6.92 Å². The summed E-state index contributed by atoms with van der Waals surface area (Å²) in [6.45, 7) is 9.85. The molecule has 0 unspecified atom stereocenters. The Morgan fingerprint density at radius 2 is 2.09 bits per heavy atom. The zero-order valence-electron chi connectivity index (χ0n) is 14.4. The van der Waals surface area contributed by atoms with Gasteiger partial charge in [0.1, 0.15) is 5.60 Å². The van der Waals surface area contributed by atoms with Crippen LogP contribution in [0.3, 0.4) is 0 Å². The molecule has 1 aliphatic heterocycles. The summed E-state index contributed by atoms with van der Waals surface area (Å²) >= 11 is 5.93. The second-order valence-corrected chi connectivity index (χ2v) is 7.48. The van der Waals surface area contributed by atoms with Crippen molar-refractivity contribution in [3.63, 3.8) is 0 Å². The summed E-state index contributed by atoms with van der Waals surface area (Å²) in [5.74, 6) is 0. The highest BCUT2D eigenvalue weighted by molar-refractivity contribution is 6.30. The van der Waals surface area contributed by atoms with Crippen LogP contribution in [-0.4, -0.2) is 40.7 Å². The van der Waals surface area contributed by atoms with Crippen LogP contribution in [0.4, 0.5) is 4.79 Å². The van der Waals surface area contributed by atoms with E-state index in [2.05, 4.69) is 10.3 Å². The molecule has 1 amide bonds. The highest BCUT2D eigenvalue weighted by atomic mass is 35.5. The number of rotatable bonds is 3. The van der Waals surface area contributed by atoms with Crippen molar-refractivity contribution >= 4 is 17.7 Å². The predicted molar refractivity (Wildman–Crippen MR) is 91.7 cm³/mol. The number of aromatic nitrogens is 1. The van der Waals surface area contributed by atoms with Crippen LogP contribution in [0.5, 0.6) is 0 Å². The molecule has 0 aromatic carbocycles. The van der Waals surface area contributed by atoms with Gasteiger partial charge in [0.2, 0.25) is 0 Å². The molecule has 0 aliphatic carbocycles. The summed E-state index contributed by atoms with van der Waals surface area (Å²) in [5, 5.41) is 4.19. The first-order chi connectivity index (χ1) is 10.7. The average molecular weight is 340 g/mol. The molecule has 0 atom stereocenters. The summed E-state index contributed by atoms with van der Waals surface area (Å²) in [6.07, 6.45) is 3.31. The van der Waals surface area contributed by atoms with Gasteiger partial charge in [-0.1, -0.05) is 11.6 Å². The van der Waals surface area contributed by atoms with Gasteiger partial charge >= 0.3 is 6.09 Å². The largest absolute Gasteiger partial charge is 0.444 e. The van der Waals surface area contributed by atoms with Gasteiger partial charge in [-0.05, 0) is 52.2 Å². The Kier molecular flexibility index (Phi) is 5.87. The molecule has 128 valence electrons. The standard InChI is InChI=1S/C17H26ClN3O2/c1-12-9-13(18)10-20-15(12)11-19-14-5-7-21(8-6-14)16(22)23-17(2,3)4/h9-10,14,19H,5-8,11H2,1-4H3. The first-order valence-corrected chi connectivity index (χ1v) is 8.45. The first kappa shape index (κ1) is 18.0. The molecule has 0 saturated carbocycles. The average Bonchev–Trinajstić information content (AvgIpc) is 2.45. The number of carbonyl (C=O) groups is 1. The number of amides is 1. The number of pyridine rings is 1. The second-order valence-electron chi connectivity index (χ2n) is 7.04. The first-order valence-electron chi connectivity index (χ1n) is 8.07. The number of carbonyl (C=O) groups excluding carboxylic acids is 1. The minimum atomic E-state index is -0.441. The molecule has 1 fully saturated rings. The third-order valence-corrected chi connectivity index (χ3v) is 4.06. The summed E-state index contributed by atoms with van der Waals surface area (Å²) in [7, 11) is 0. The monoisotopic (exact) mass is 339 g/mol. The van der Waals surface area contributed by atoms with Crippen molar-refractivity contribution in [3.8, 4) is 0 Å². The van der Waals surface area contributed by atoms with Crippen molar-refractivity contribution in [1.82, 2.24) is 15.2 Å². The van der Waals surface area contributed by atoms with Gasteiger partial charge < -0.3 is 15.0 Å². The fraction of sp³-hybridized carbons (Fsp3) is 0.647. The second kappa shape index (κ2) is 7.49. The van der Waals surface area contributed by atoms with E-state index in [1.165, 1.54) is 0 Å². The maximum atomic E-state index is 12.0. The lowest BCUT2D eigenvalue weighted by molar-refractivity contribution is 0.0198. The van der Waals surface area contributed by atoms with Crippen molar-refractivity contribution in [1.29, 1.82) is 0 Å². The van der Waals surface area contributed by atoms with E-state index in [1.54, 1.807) is 11.1 Å². The van der Waals surface area contributed by atoms with E-state index in [0.717, 1.165) is 43.7 Å². The molecule has 2 heterocycles. The summed E-state index contributed by atoms with van der Waals surface area (Å²) < 4.78 is 5.41. The lowest BCUT2D eigenvalue weighted by Crippen LogP contribution is -2.46. The number of piperidine rings is 1. The molecule has 23 heavy (non-hydrogen) atoms. The van der Waals surface area contributed by atoms with Gasteiger partial charge in [0, 0.05) is 31.9 Å². The summed E-state index contributed by atoms with van der Waals surface area (Å²) in [6, 6.07) is 2.32. The van der Waals surface area contributed by atoms with Crippen LogP contribution in [0.2, 0.25) is 5.02 Å². The molecular formula is C17H26ClN3O2. The lowest BCUT2D eigenvalue weighted by atomic mass is 10.0. The Bertz CT molecular complexity index is 549. The molecule has 0 spiro atoms. The smallest absolute Gasteiger partial charge is 0.410 e. The van der Waals surface area contributed by atoms with E-state index < -0.39 is 5.60 Å². The highest BCUT2D eigenvalue weighted by Gasteiger charge is 2.26. The molecule has 2 rings (SSSR count). The number of halogens is 1. The van der Waals surface area contributed by atoms with Crippen molar-refractivity contribution in [2.45, 2.75) is 58.7 Å². The number of hydrogen-bond acceptors (Lipinski definition) is 4. The Balaban J connectivity index is 1.77. The van der Waals surface area contributed by atoms with Gasteiger partial charge in [0.15, 0.2) is 0 Å². The van der Waals surface area contributed by atoms with Crippen LogP contribution >= 0.6 is 11.6 Å². The number of aryl methyl sites for hydroxylation is 1. The summed E-state index contributed by atoms with van der Waals surface area (Å²) in [5.41, 5.74) is 1.67. The van der Waals surface area contributed by atoms with Crippen LogP contribution in [-0.2, 0) is 11.3 Å². The predicted octanol–water partition coefficient (Wildman–Crippen LogP) is 3.53. The zero-order chi connectivity index (χ0) is 17.0. The highest BCUT2D eigenvalue weighted by Crippen LogP contribution is 2.17. The maximum Gasteiger partial charge on any atom is 0.410 e. The van der Waals surface area contributed by atoms with E-state index in [0.29, 0.717) is 11.1 Å². The van der Waals surface area contributed by atoms with Crippen LogP contribution in [0.1, 0.15) is 44.9 Å². The number of hydrogen-bond donors (Lipinski definition) is 1. The van der Waals surface area contributed by atoms with Gasteiger partial charge in [-0.2, -0.15) is 0 Å². The fourth-order valence-electron chi connectivity index (χ4n) is 2.59. The fourth-order valence-corrected chi connectivity index (χ4v) is 2.80. The lowest BCUT2D eigenvalue weighted by Gasteiger charge is -2.33. The number of ether oxygens (including phenoxy) is 1. The molecule has 1 aromatic rings. The third-order valence-electron chi connectivity index (χ3n) is 3.86. The van der Waals surface area contributed by atoms with Crippen molar-refractivity contribution < 1.29 is 9.53 Å². The zero-order valence-corrected chi connectivity index (χ0v) is 15.1. The topological polar surface area (TPSA) is 54.5 Å². The molecule has 1 aromatic heterocycles. The maximum absolute atomic E-state index is 12.0. The van der Waals surface area contributed by atoms with Gasteiger partial charge in [-0.15, -0.1) is 0 Å². The molecule has 6 heteroatoms. The van der Waals surface area contributed by atoms with E-state index >= 15 is 0 Å². The Labute approximate surface area is 143 Å². The molecule has 1 saturated heterocycles. The SMILES string of the molecule is Cc1cc(Cl)cnc1CNC1CCN(C(=O)OC(C)(C)C)CC1. The minimum absolute atomic E-state index is 0.217. The van der Waals surface area contributed by atoms with Crippen molar-refractivity contribution in [3.05, 3.63) is 28.5 Å².